The van der Waals surface area contributed by atoms with E-state index in [2.05, 4.69) is 4.98 Å². The molecule has 5 heteroatoms. The molecule has 0 aliphatic heterocycles. The molecule has 0 saturated heterocycles. The molecule has 0 atom stereocenters. The van der Waals surface area contributed by atoms with Crippen molar-refractivity contribution in [2.45, 2.75) is 13.3 Å². The molecule has 2 rings (SSSR count). The van der Waals surface area contributed by atoms with Gasteiger partial charge in [-0.15, -0.1) is 0 Å². The van der Waals surface area contributed by atoms with E-state index in [1.807, 2.05) is 0 Å². The van der Waals surface area contributed by atoms with Crippen LogP contribution in [0.2, 0.25) is 0 Å². The van der Waals surface area contributed by atoms with E-state index < -0.39 is 11.6 Å². The molecule has 0 bridgehead atoms. The van der Waals surface area contributed by atoms with E-state index in [1.165, 1.54) is 12.3 Å². The van der Waals surface area contributed by atoms with Gasteiger partial charge in [0.2, 0.25) is 0 Å². The number of hydrogen-bond donors (Lipinski definition) is 1. The Hall–Kier alpha value is -2.30. The fourth-order valence-corrected chi connectivity index (χ4v) is 1.87. The summed E-state index contributed by atoms with van der Waals surface area (Å²) >= 11 is 0. The van der Waals surface area contributed by atoms with Gasteiger partial charge in [-0.1, -0.05) is 6.07 Å². The maximum Gasteiger partial charge on any atom is 0.171 e. The molecule has 0 fully saturated rings. The minimum atomic E-state index is -0.742. The topological polar surface area (TPSA) is 56.0 Å². The van der Waals surface area contributed by atoms with Crippen LogP contribution in [0.4, 0.5) is 14.6 Å². The van der Waals surface area contributed by atoms with E-state index >= 15 is 0 Å². The van der Waals surface area contributed by atoms with Crippen LogP contribution < -0.4 is 5.73 Å². The normalized spacial score (nSPS) is 10.5. The number of nitrogens with zero attached hydrogens (tertiary/aromatic N) is 1. The molecule has 1 heterocycles. The molecule has 0 aliphatic rings. The first kappa shape index (κ1) is 13.1. The van der Waals surface area contributed by atoms with Crippen molar-refractivity contribution in [2.75, 3.05) is 5.73 Å². The van der Waals surface area contributed by atoms with Crippen molar-refractivity contribution in [3.8, 4) is 0 Å². The monoisotopic (exact) mass is 262 g/mol. The van der Waals surface area contributed by atoms with Gasteiger partial charge in [-0.2, -0.15) is 0 Å². The lowest BCUT2D eigenvalue weighted by molar-refractivity contribution is 0.0992. The van der Waals surface area contributed by atoms with Crippen LogP contribution in [0.1, 0.15) is 21.5 Å². The number of benzene rings is 1. The Labute approximate surface area is 109 Å². The van der Waals surface area contributed by atoms with Gasteiger partial charge in [0.25, 0.3) is 0 Å². The number of nitrogen functional groups attached to an aromatic ring is 1. The zero-order chi connectivity index (χ0) is 14.0. The number of pyridine rings is 1. The third-order valence-corrected chi connectivity index (χ3v) is 2.83. The van der Waals surface area contributed by atoms with Crippen LogP contribution in [0.25, 0.3) is 0 Å². The van der Waals surface area contributed by atoms with Crippen LogP contribution in [0, 0.1) is 18.6 Å². The molecule has 0 amide bonds. The highest BCUT2D eigenvalue weighted by atomic mass is 19.1. The quantitative estimate of drug-likeness (QED) is 0.865. The lowest BCUT2D eigenvalue weighted by Crippen LogP contribution is -2.11. The van der Waals surface area contributed by atoms with Gasteiger partial charge in [-0.3, -0.25) is 4.79 Å². The van der Waals surface area contributed by atoms with Crippen molar-refractivity contribution in [3.05, 3.63) is 58.8 Å². The molecule has 1 aromatic heterocycles. The summed E-state index contributed by atoms with van der Waals surface area (Å²) in [6.07, 6.45) is 1.32. The number of aryl methyl sites for hydroxylation is 1. The van der Waals surface area contributed by atoms with Crippen LogP contribution in [-0.4, -0.2) is 10.8 Å². The molecule has 0 aliphatic carbocycles. The highest BCUT2D eigenvalue weighted by Gasteiger charge is 2.16. The summed E-state index contributed by atoms with van der Waals surface area (Å²) in [7, 11) is 0. The predicted molar refractivity (Wildman–Crippen MR) is 67.8 cm³/mol. The van der Waals surface area contributed by atoms with Crippen LogP contribution in [0.3, 0.4) is 0 Å². The minimum Gasteiger partial charge on any atom is -0.383 e. The Balaban J connectivity index is 2.31. The number of ketones is 1. The van der Waals surface area contributed by atoms with E-state index in [0.717, 1.165) is 12.1 Å². The number of Topliss-reactive ketones (excluding diaryl/α,β-unsaturated/α-hetero) is 1. The molecule has 0 unspecified atom stereocenters. The second-order valence-electron chi connectivity index (χ2n) is 4.22. The maximum atomic E-state index is 13.5. The summed E-state index contributed by atoms with van der Waals surface area (Å²) in [6.45, 7) is 1.73. The highest BCUT2D eigenvalue weighted by molar-refractivity contribution is 6.02. The molecule has 0 saturated carbocycles. The zero-order valence-corrected chi connectivity index (χ0v) is 10.3. The fourth-order valence-electron chi connectivity index (χ4n) is 1.87. The third-order valence-electron chi connectivity index (χ3n) is 2.83. The number of carbonyl (C=O) groups is 1. The van der Waals surface area contributed by atoms with Crippen molar-refractivity contribution in [3.63, 3.8) is 0 Å². The molecule has 1 aromatic carbocycles. The molecular formula is C14H12F2N2O. The highest BCUT2D eigenvalue weighted by Crippen LogP contribution is 2.18. The van der Waals surface area contributed by atoms with E-state index in [0.29, 0.717) is 5.56 Å². The molecule has 0 radical (unpaired) electrons. The second kappa shape index (κ2) is 5.14. The SMILES string of the molecule is Cc1ccnc(N)c1C(=O)Cc1ccc(F)cc1F. The van der Waals surface area contributed by atoms with Crippen molar-refractivity contribution in [1.29, 1.82) is 0 Å². The van der Waals surface area contributed by atoms with E-state index in [4.69, 9.17) is 5.73 Å². The van der Waals surface area contributed by atoms with E-state index in [1.54, 1.807) is 13.0 Å². The zero-order valence-electron chi connectivity index (χ0n) is 10.3. The molecular weight excluding hydrogens is 250 g/mol. The summed E-state index contributed by atoms with van der Waals surface area (Å²) in [5, 5.41) is 0. The minimum absolute atomic E-state index is 0.118. The molecule has 2 N–H and O–H groups in total. The van der Waals surface area contributed by atoms with E-state index in [-0.39, 0.29) is 29.1 Å². The summed E-state index contributed by atoms with van der Waals surface area (Å²) in [6, 6.07) is 4.78. The Bertz CT molecular complexity index is 621. The van der Waals surface area contributed by atoms with Crippen molar-refractivity contribution < 1.29 is 13.6 Å². The Morgan fingerprint density at radius 1 is 1.32 bits per heavy atom. The van der Waals surface area contributed by atoms with Gasteiger partial charge in [0.1, 0.15) is 17.5 Å². The number of halogens is 2. The predicted octanol–water partition coefficient (Wildman–Crippen LogP) is 2.68. The maximum absolute atomic E-state index is 13.5. The van der Waals surface area contributed by atoms with Gasteiger partial charge in [0.15, 0.2) is 5.78 Å². The van der Waals surface area contributed by atoms with Crippen LogP contribution in [0.15, 0.2) is 30.5 Å². The van der Waals surface area contributed by atoms with Crippen LogP contribution in [-0.2, 0) is 6.42 Å². The largest absolute Gasteiger partial charge is 0.383 e. The van der Waals surface area contributed by atoms with Gasteiger partial charge in [0, 0.05) is 18.7 Å². The standard InChI is InChI=1S/C14H12F2N2O/c1-8-4-5-18-14(17)13(8)12(19)6-9-2-3-10(15)7-11(9)16/h2-5,7H,6H2,1H3,(H2,17,18). The molecule has 0 spiro atoms. The van der Waals surface area contributed by atoms with Crippen LogP contribution in [0.5, 0.6) is 0 Å². The Kier molecular flexibility index (Phi) is 3.55. The first-order valence-corrected chi connectivity index (χ1v) is 5.67. The summed E-state index contributed by atoms with van der Waals surface area (Å²) in [5.41, 5.74) is 6.75. The Morgan fingerprint density at radius 2 is 2.05 bits per heavy atom. The first-order chi connectivity index (χ1) is 8.99. The summed E-state index contributed by atoms with van der Waals surface area (Å²) < 4.78 is 26.3. The first-order valence-electron chi connectivity index (χ1n) is 5.67. The third kappa shape index (κ3) is 2.76. The number of aromatic nitrogens is 1. The van der Waals surface area contributed by atoms with Crippen molar-refractivity contribution >= 4 is 11.6 Å². The smallest absolute Gasteiger partial charge is 0.171 e. The van der Waals surface area contributed by atoms with Gasteiger partial charge in [-0.05, 0) is 30.2 Å². The van der Waals surface area contributed by atoms with Gasteiger partial charge in [-0.25, -0.2) is 13.8 Å². The average Bonchev–Trinajstić information content (AvgIpc) is 2.32. The summed E-state index contributed by atoms with van der Waals surface area (Å²) in [5.74, 6) is -1.64. The van der Waals surface area contributed by atoms with Gasteiger partial charge in [0.05, 0.1) is 5.56 Å². The number of rotatable bonds is 3. The average molecular weight is 262 g/mol. The van der Waals surface area contributed by atoms with Crippen LogP contribution >= 0.6 is 0 Å². The number of carbonyl (C=O) groups excluding carboxylic acids is 1. The van der Waals surface area contributed by atoms with Crippen molar-refractivity contribution in [2.24, 2.45) is 0 Å². The number of nitrogens with two attached hydrogens (primary N) is 1. The van der Waals surface area contributed by atoms with Gasteiger partial charge >= 0.3 is 0 Å². The lowest BCUT2D eigenvalue weighted by Gasteiger charge is -2.08. The summed E-state index contributed by atoms with van der Waals surface area (Å²) in [4.78, 5) is 16.0. The van der Waals surface area contributed by atoms with Gasteiger partial charge < -0.3 is 5.73 Å². The fraction of sp³-hybridized carbons (Fsp3) is 0.143. The molecule has 98 valence electrons. The Morgan fingerprint density at radius 3 is 2.68 bits per heavy atom. The number of hydrogen-bond acceptors (Lipinski definition) is 3. The molecule has 2 aromatic rings. The lowest BCUT2D eigenvalue weighted by atomic mass is 10.00. The molecule has 3 nitrogen and oxygen atoms in total. The van der Waals surface area contributed by atoms with Crippen molar-refractivity contribution in [1.82, 2.24) is 4.98 Å². The number of anilines is 1. The molecule has 19 heavy (non-hydrogen) atoms. The van der Waals surface area contributed by atoms with E-state index in [9.17, 15) is 13.6 Å². The second-order valence-corrected chi connectivity index (χ2v) is 4.22.